The first kappa shape index (κ1) is 41.5. The van der Waals surface area contributed by atoms with Crippen LogP contribution >= 0.6 is 0 Å². The van der Waals surface area contributed by atoms with Crippen LogP contribution in [0.25, 0.3) is 0 Å². The summed E-state index contributed by atoms with van der Waals surface area (Å²) in [7, 11) is 0. The first-order valence-corrected chi connectivity index (χ1v) is 15.4. The number of carbonyl (C=O) groups excluding carboxylic acids is 2. The maximum Gasteiger partial charge on any atom is 0.416 e. The van der Waals surface area contributed by atoms with E-state index in [4.69, 9.17) is 56.8 Å². The third kappa shape index (κ3) is 11.4. The van der Waals surface area contributed by atoms with Crippen LogP contribution in [0.4, 0.5) is 0 Å². The van der Waals surface area contributed by atoms with Crippen LogP contribution in [0, 0.1) is 0 Å². The Bertz CT molecular complexity index is 641. The van der Waals surface area contributed by atoms with E-state index in [1.807, 2.05) is 0 Å². The molecule has 0 aliphatic carbocycles. The van der Waals surface area contributed by atoms with Crippen LogP contribution in [-0.4, -0.2) is 102 Å². The molecule has 256 valence electrons. The third-order valence-electron chi connectivity index (χ3n) is 5.35. The molecule has 14 nitrogen and oxygen atoms in total. The van der Waals surface area contributed by atoms with E-state index in [0.29, 0.717) is 0 Å². The maximum absolute atomic E-state index is 13.1. The van der Waals surface area contributed by atoms with Gasteiger partial charge in [-0.25, -0.2) is 0 Å². The first-order chi connectivity index (χ1) is 20.6. The molecule has 0 fully saturated rings. The van der Waals surface area contributed by atoms with Gasteiger partial charge in [-0.1, -0.05) is 0 Å². The Morgan fingerprint density at radius 2 is 0.535 bits per heavy atom. The number of hydrogen-bond acceptors (Lipinski definition) is 14. The zero-order valence-corrected chi connectivity index (χ0v) is 27.9. The highest BCUT2D eigenvalue weighted by Crippen LogP contribution is 2.38. The fourth-order valence-corrected chi connectivity index (χ4v) is 4.14. The van der Waals surface area contributed by atoms with Crippen molar-refractivity contribution in [1.29, 1.82) is 0 Å². The van der Waals surface area contributed by atoms with Crippen LogP contribution in [0.15, 0.2) is 0 Å². The Kier molecular flexibility index (Phi) is 21.4. The number of hydrogen-bond donors (Lipinski definition) is 0. The molecule has 14 heteroatoms. The molecule has 0 amide bonds. The molecule has 0 rings (SSSR count). The molecule has 0 bridgehead atoms. The summed E-state index contributed by atoms with van der Waals surface area (Å²) in [6, 6.07) is 0. The highest BCUT2D eigenvalue weighted by molar-refractivity contribution is 5.73. The highest BCUT2D eigenvalue weighted by atomic mass is 17.0. The van der Waals surface area contributed by atoms with Gasteiger partial charge in [-0.05, 0) is 75.7 Å². The molecule has 0 spiro atoms. The summed E-state index contributed by atoms with van der Waals surface area (Å²) in [5, 5.41) is 0. The quantitative estimate of drug-likeness (QED) is 0.0900. The van der Waals surface area contributed by atoms with Gasteiger partial charge in [0.25, 0.3) is 0 Å². The predicted octanol–water partition coefficient (Wildman–Crippen LogP) is 4.22. The van der Waals surface area contributed by atoms with E-state index < -0.39 is 35.8 Å². The molecule has 0 saturated carbocycles. The van der Waals surface area contributed by atoms with Gasteiger partial charge in [0.2, 0.25) is 0 Å². The summed E-state index contributed by atoms with van der Waals surface area (Å²) in [5.74, 6) is -9.87. The van der Waals surface area contributed by atoms with Crippen LogP contribution in [0.5, 0.6) is 0 Å². The molecule has 0 saturated heterocycles. The van der Waals surface area contributed by atoms with Gasteiger partial charge in [0.1, 0.15) is 0 Å². The number of carbonyl (C=O) groups is 2. The monoisotopic (exact) mass is 628 g/mol. The molecule has 0 aromatic carbocycles. The maximum atomic E-state index is 13.1. The molecule has 0 radical (unpaired) electrons. The van der Waals surface area contributed by atoms with Gasteiger partial charge in [0.05, 0.1) is 26.4 Å². The fourth-order valence-electron chi connectivity index (χ4n) is 4.14. The largest absolute Gasteiger partial charge is 0.416 e. The minimum absolute atomic E-state index is 0.0239. The number of esters is 2. The third-order valence-corrected chi connectivity index (χ3v) is 5.35. The Balaban J connectivity index is 6.00. The highest BCUT2D eigenvalue weighted by Gasteiger charge is 2.64. The first-order valence-electron chi connectivity index (χ1n) is 15.4. The SMILES string of the molecule is CCOC(OCC)(OCC)C(OCC)(OCC)OC(=O)CCCC(=O)OC(OCC)(OCC)C(OCC)(OCC)OCC. The summed E-state index contributed by atoms with van der Waals surface area (Å²) < 4.78 is 69.6. The fraction of sp³-hybridized carbons (Fsp3) is 0.931. The van der Waals surface area contributed by atoms with Gasteiger partial charge in [-0.3, -0.25) is 9.59 Å². The predicted molar refractivity (Wildman–Crippen MR) is 153 cm³/mol. The smallest absolute Gasteiger partial charge is 0.401 e. The lowest BCUT2D eigenvalue weighted by molar-refractivity contribution is -0.549. The van der Waals surface area contributed by atoms with Crippen molar-refractivity contribution in [3.63, 3.8) is 0 Å². The summed E-state index contributed by atoms with van der Waals surface area (Å²) in [6.07, 6.45) is -0.418. The molecular weight excluding hydrogens is 572 g/mol. The van der Waals surface area contributed by atoms with E-state index >= 15 is 0 Å². The lowest BCUT2D eigenvalue weighted by Crippen LogP contribution is -2.65. The molecule has 0 aromatic heterocycles. The Labute approximate surface area is 257 Å². The molecule has 0 atom stereocenters. The minimum Gasteiger partial charge on any atom is -0.401 e. The zero-order valence-electron chi connectivity index (χ0n) is 27.9. The summed E-state index contributed by atoms with van der Waals surface area (Å²) in [4.78, 5) is 26.3. The van der Waals surface area contributed by atoms with Crippen molar-refractivity contribution in [3.8, 4) is 0 Å². The molecule has 43 heavy (non-hydrogen) atoms. The Morgan fingerprint density at radius 3 is 0.721 bits per heavy atom. The Hall–Kier alpha value is -1.46. The van der Waals surface area contributed by atoms with Crippen molar-refractivity contribution in [2.24, 2.45) is 0 Å². The van der Waals surface area contributed by atoms with Crippen molar-refractivity contribution in [2.45, 2.75) is 112 Å². The van der Waals surface area contributed by atoms with E-state index in [2.05, 4.69) is 0 Å². The standard InChI is InChI=1S/C29H56O14/c1-11-32-26(33-12-2,34-13-3)28(38-17-7,39-18-8)42-24(30)22-21-23-25(31)43-29(40-19-9,41-20-10)27(35-14-4,36-15-5)37-16-6/h11-23H2,1-10H3. The second-order valence-electron chi connectivity index (χ2n) is 8.36. The van der Waals surface area contributed by atoms with Crippen molar-refractivity contribution in [2.75, 3.05) is 66.1 Å². The van der Waals surface area contributed by atoms with Crippen LogP contribution in [-0.2, 0) is 66.4 Å². The number of rotatable bonds is 28. The van der Waals surface area contributed by atoms with Gasteiger partial charge in [-0.2, -0.15) is 0 Å². The van der Waals surface area contributed by atoms with E-state index in [1.54, 1.807) is 69.2 Å². The minimum atomic E-state index is -2.18. The average Bonchev–Trinajstić information content (AvgIpc) is 2.94. The zero-order chi connectivity index (χ0) is 32.8. The summed E-state index contributed by atoms with van der Waals surface area (Å²) in [6.45, 7) is 18.3. The molecule has 0 N–H and O–H groups in total. The van der Waals surface area contributed by atoms with Crippen LogP contribution < -0.4 is 0 Å². The van der Waals surface area contributed by atoms with Gasteiger partial charge < -0.3 is 56.8 Å². The second-order valence-corrected chi connectivity index (χ2v) is 8.36. The van der Waals surface area contributed by atoms with Gasteiger partial charge in [-0.15, -0.1) is 0 Å². The van der Waals surface area contributed by atoms with E-state index in [1.165, 1.54) is 0 Å². The van der Waals surface area contributed by atoms with Crippen molar-refractivity contribution in [3.05, 3.63) is 0 Å². The lowest BCUT2D eigenvalue weighted by Gasteiger charge is -2.44. The molecule has 0 aliphatic heterocycles. The van der Waals surface area contributed by atoms with Gasteiger partial charge >= 0.3 is 35.8 Å². The molecule has 0 aliphatic rings. The molecular formula is C29H56O14. The number of ether oxygens (including phenoxy) is 12. The molecule has 0 unspecified atom stereocenters. The normalized spacial score (nSPS) is 12.9. The summed E-state index contributed by atoms with van der Waals surface area (Å²) >= 11 is 0. The second kappa shape index (κ2) is 22.1. The van der Waals surface area contributed by atoms with Crippen molar-refractivity contribution in [1.82, 2.24) is 0 Å². The van der Waals surface area contributed by atoms with E-state index in [9.17, 15) is 9.59 Å². The lowest BCUT2D eigenvalue weighted by atomic mass is 10.2. The Morgan fingerprint density at radius 1 is 0.349 bits per heavy atom. The summed E-state index contributed by atoms with van der Waals surface area (Å²) in [5.41, 5.74) is 0. The average molecular weight is 629 g/mol. The molecule has 0 heterocycles. The molecule has 0 aromatic rings. The van der Waals surface area contributed by atoms with E-state index in [0.717, 1.165) is 0 Å². The van der Waals surface area contributed by atoms with E-state index in [-0.39, 0.29) is 85.3 Å². The van der Waals surface area contributed by atoms with Gasteiger partial charge in [0.15, 0.2) is 0 Å². The topological polar surface area (TPSA) is 145 Å². The van der Waals surface area contributed by atoms with Crippen LogP contribution in [0.3, 0.4) is 0 Å². The van der Waals surface area contributed by atoms with Crippen molar-refractivity contribution >= 4 is 11.9 Å². The van der Waals surface area contributed by atoms with Crippen molar-refractivity contribution < 1.29 is 66.4 Å². The van der Waals surface area contributed by atoms with Crippen LogP contribution in [0.2, 0.25) is 0 Å². The van der Waals surface area contributed by atoms with Crippen LogP contribution in [0.1, 0.15) is 88.5 Å². The van der Waals surface area contributed by atoms with Gasteiger partial charge in [0, 0.05) is 52.5 Å².